The number of fused-ring (bicyclic) bond motifs is 1. The summed E-state index contributed by atoms with van der Waals surface area (Å²) in [5, 5.41) is 13.2. The van der Waals surface area contributed by atoms with E-state index in [9.17, 15) is 14.7 Å². The van der Waals surface area contributed by atoms with Crippen molar-refractivity contribution >= 4 is 29.4 Å². The number of carboxylic acid groups (broad SMARTS) is 1. The Bertz CT molecular complexity index is 1190. The number of hydrogen-bond donors (Lipinski definition) is 2. The number of imide groups is 1. The van der Waals surface area contributed by atoms with Gasteiger partial charge in [-0.1, -0.05) is 0 Å². The van der Waals surface area contributed by atoms with Gasteiger partial charge in [0.05, 0.1) is 24.7 Å². The summed E-state index contributed by atoms with van der Waals surface area (Å²) >= 11 is 0. The third-order valence-corrected chi connectivity index (χ3v) is 5.67. The molecular weight excluding hydrogens is 440 g/mol. The number of aryl methyl sites for hydroxylation is 1. The summed E-state index contributed by atoms with van der Waals surface area (Å²) in [6.07, 6.45) is 6.32. The van der Waals surface area contributed by atoms with Crippen LogP contribution in [0.2, 0.25) is 0 Å². The average molecular weight is 469 g/mol. The van der Waals surface area contributed by atoms with Gasteiger partial charge >= 0.3 is 6.09 Å². The van der Waals surface area contributed by atoms with Crippen molar-refractivity contribution in [2.24, 2.45) is 0 Å². The zero-order valence-electron chi connectivity index (χ0n) is 19.4. The third-order valence-electron chi connectivity index (χ3n) is 5.67. The second-order valence-corrected chi connectivity index (χ2v) is 7.91. The lowest BCUT2D eigenvalue weighted by Gasteiger charge is -2.34. The minimum absolute atomic E-state index is 0.0377. The summed E-state index contributed by atoms with van der Waals surface area (Å²) in [5.74, 6) is -0.435. The molecule has 0 bridgehead atoms. The number of carbonyl (C=O) groups excluding carboxylic acids is 1. The van der Waals surface area contributed by atoms with E-state index in [-0.39, 0.29) is 29.9 Å². The average Bonchev–Trinajstić information content (AvgIpc) is 3.20. The van der Waals surface area contributed by atoms with Gasteiger partial charge in [0.2, 0.25) is 11.8 Å². The van der Waals surface area contributed by atoms with Crippen LogP contribution in [0.15, 0.2) is 24.8 Å². The smallest absolute Gasteiger partial charge is 0.420 e. The molecule has 0 unspecified atom stereocenters. The maximum atomic E-state index is 13.4. The van der Waals surface area contributed by atoms with E-state index in [0.29, 0.717) is 23.0 Å². The predicted molar refractivity (Wildman–Crippen MR) is 125 cm³/mol. The highest BCUT2D eigenvalue weighted by molar-refractivity contribution is 6.19. The zero-order valence-corrected chi connectivity index (χ0v) is 19.4. The number of nitrogens with one attached hydrogen (secondary N) is 1. The van der Waals surface area contributed by atoms with Crippen molar-refractivity contribution in [3.8, 4) is 5.88 Å². The van der Waals surface area contributed by atoms with Gasteiger partial charge in [-0.3, -0.25) is 4.79 Å². The van der Waals surface area contributed by atoms with E-state index in [1.165, 1.54) is 18.6 Å². The van der Waals surface area contributed by atoms with Gasteiger partial charge in [0.1, 0.15) is 5.56 Å². The van der Waals surface area contributed by atoms with Crippen LogP contribution in [0.4, 0.5) is 16.6 Å². The molecule has 180 valence electrons. The number of rotatable bonds is 7. The van der Waals surface area contributed by atoms with Crippen LogP contribution in [0.1, 0.15) is 42.7 Å². The minimum Gasteiger partial charge on any atom is -0.477 e. The topological polar surface area (TPSA) is 138 Å². The Morgan fingerprint density at radius 3 is 2.62 bits per heavy atom. The molecule has 2 amide bonds. The summed E-state index contributed by atoms with van der Waals surface area (Å²) in [7, 11) is 0. The lowest BCUT2D eigenvalue weighted by atomic mass is 10.1. The van der Waals surface area contributed by atoms with Crippen molar-refractivity contribution < 1.29 is 19.4 Å². The van der Waals surface area contributed by atoms with Gasteiger partial charge in [-0.25, -0.2) is 19.7 Å². The number of nitrogens with zero attached hydrogens (tertiary/aromatic N) is 7. The van der Waals surface area contributed by atoms with E-state index in [2.05, 4.69) is 30.2 Å². The van der Waals surface area contributed by atoms with Gasteiger partial charge < -0.3 is 24.5 Å². The van der Waals surface area contributed by atoms with Crippen molar-refractivity contribution in [1.29, 1.82) is 0 Å². The molecule has 34 heavy (non-hydrogen) atoms. The first-order valence-electron chi connectivity index (χ1n) is 11.3. The lowest BCUT2D eigenvalue weighted by molar-refractivity contribution is 0.0977. The number of aromatic nitrogens is 5. The highest BCUT2D eigenvalue weighted by Gasteiger charge is 2.31. The van der Waals surface area contributed by atoms with Crippen LogP contribution >= 0.6 is 0 Å². The fourth-order valence-electron chi connectivity index (χ4n) is 4.11. The molecule has 12 heteroatoms. The molecule has 4 rings (SSSR count). The molecule has 0 saturated carbocycles. The van der Waals surface area contributed by atoms with E-state index in [4.69, 9.17) is 4.74 Å². The summed E-state index contributed by atoms with van der Waals surface area (Å²) in [6.45, 7) is 8.38. The summed E-state index contributed by atoms with van der Waals surface area (Å²) in [6, 6.07) is 0.271. The van der Waals surface area contributed by atoms with Crippen molar-refractivity contribution in [3.63, 3.8) is 0 Å². The molecule has 0 spiro atoms. The van der Waals surface area contributed by atoms with Gasteiger partial charge in [0, 0.05) is 25.0 Å². The molecule has 3 aromatic rings. The number of imidazole rings is 1. The van der Waals surface area contributed by atoms with Crippen LogP contribution in [-0.4, -0.2) is 73.7 Å². The summed E-state index contributed by atoms with van der Waals surface area (Å²) in [4.78, 5) is 45.4. The second-order valence-electron chi connectivity index (χ2n) is 7.91. The normalized spacial score (nSPS) is 14.2. The molecule has 0 aromatic carbocycles. The van der Waals surface area contributed by atoms with E-state index < -0.39 is 12.0 Å². The standard InChI is InChI=1S/C22H28N8O4/c1-4-29(15-6-8-23-9-7-15)21-25-10-16(19(27-21)34-5-2)20(31)30(22(32)33)18-13-28-12-14(3)26-17(28)11-24-18/h10-13,15,23H,4-9H2,1-3H3,(H,32,33). The van der Waals surface area contributed by atoms with Crippen LogP contribution in [0, 0.1) is 6.92 Å². The SMILES string of the molecule is CCOc1nc(N(CC)C2CCNCC2)ncc1C(=O)N(C(=O)O)c1cn2cc(C)nc2cn1. The monoisotopic (exact) mass is 468 g/mol. The minimum atomic E-state index is -1.48. The molecule has 12 nitrogen and oxygen atoms in total. The van der Waals surface area contributed by atoms with Gasteiger partial charge in [-0.05, 0) is 46.7 Å². The lowest BCUT2D eigenvalue weighted by Crippen LogP contribution is -2.44. The summed E-state index contributed by atoms with van der Waals surface area (Å²) in [5.41, 5.74) is 1.22. The predicted octanol–water partition coefficient (Wildman–Crippen LogP) is 2.13. The van der Waals surface area contributed by atoms with Gasteiger partial charge in [0.25, 0.3) is 5.91 Å². The maximum absolute atomic E-state index is 13.4. The number of amides is 2. The molecule has 4 heterocycles. The first-order chi connectivity index (χ1) is 16.4. The zero-order chi connectivity index (χ0) is 24.2. The van der Waals surface area contributed by atoms with Gasteiger partial charge in [-0.2, -0.15) is 9.88 Å². The highest BCUT2D eigenvalue weighted by atomic mass is 16.5. The van der Waals surface area contributed by atoms with E-state index in [1.807, 2.05) is 13.8 Å². The largest absolute Gasteiger partial charge is 0.477 e. The van der Waals surface area contributed by atoms with Gasteiger partial charge in [-0.15, -0.1) is 0 Å². The Hall–Kier alpha value is -3.80. The fraction of sp³-hybridized carbons (Fsp3) is 0.455. The molecule has 0 aliphatic carbocycles. The Balaban J connectivity index is 1.70. The first-order valence-corrected chi connectivity index (χ1v) is 11.3. The van der Waals surface area contributed by atoms with E-state index >= 15 is 0 Å². The molecule has 1 aliphatic heterocycles. The maximum Gasteiger partial charge on any atom is 0.420 e. The molecular formula is C22H28N8O4. The number of anilines is 2. The van der Waals surface area contributed by atoms with Gasteiger partial charge in [0.15, 0.2) is 11.5 Å². The summed E-state index contributed by atoms with van der Waals surface area (Å²) < 4.78 is 7.27. The van der Waals surface area contributed by atoms with Crippen LogP contribution in [0.5, 0.6) is 5.88 Å². The van der Waals surface area contributed by atoms with Crippen LogP contribution < -0.4 is 19.9 Å². The van der Waals surface area contributed by atoms with Crippen molar-refractivity contribution in [1.82, 2.24) is 29.7 Å². The fourth-order valence-corrected chi connectivity index (χ4v) is 4.11. The van der Waals surface area contributed by atoms with Crippen molar-refractivity contribution in [3.05, 3.63) is 36.0 Å². The molecule has 0 atom stereocenters. The Labute approximate surface area is 196 Å². The van der Waals surface area contributed by atoms with Crippen LogP contribution in [0.3, 0.4) is 0 Å². The Morgan fingerprint density at radius 2 is 1.94 bits per heavy atom. The molecule has 3 aromatic heterocycles. The number of hydrogen-bond acceptors (Lipinski definition) is 9. The Morgan fingerprint density at radius 1 is 1.18 bits per heavy atom. The second kappa shape index (κ2) is 10.00. The quantitative estimate of drug-likeness (QED) is 0.530. The highest BCUT2D eigenvalue weighted by Crippen LogP contribution is 2.25. The van der Waals surface area contributed by atoms with Crippen LogP contribution in [0.25, 0.3) is 5.65 Å². The molecule has 1 fully saturated rings. The molecule has 2 N–H and O–H groups in total. The van der Waals surface area contributed by atoms with E-state index in [1.54, 1.807) is 17.5 Å². The molecule has 1 aliphatic rings. The van der Waals surface area contributed by atoms with Crippen molar-refractivity contribution in [2.45, 2.75) is 39.7 Å². The number of carbonyl (C=O) groups is 2. The van der Waals surface area contributed by atoms with Crippen molar-refractivity contribution in [2.75, 3.05) is 36.0 Å². The van der Waals surface area contributed by atoms with Crippen LogP contribution in [-0.2, 0) is 0 Å². The number of ether oxygens (including phenoxy) is 1. The van der Waals surface area contributed by atoms with E-state index in [0.717, 1.165) is 31.6 Å². The first kappa shape index (κ1) is 23.4. The molecule has 0 radical (unpaired) electrons. The third kappa shape index (κ3) is 4.62. The molecule has 1 saturated heterocycles. The Kier molecular flexibility index (Phi) is 6.87. The number of piperidine rings is 1.